The van der Waals surface area contributed by atoms with Gasteiger partial charge in [-0.1, -0.05) is 11.6 Å². The lowest BCUT2D eigenvalue weighted by Crippen LogP contribution is -2.40. The Labute approximate surface area is 179 Å². The maximum absolute atomic E-state index is 13.3. The summed E-state index contributed by atoms with van der Waals surface area (Å²) in [6.45, 7) is 2.87. The van der Waals surface area contributed by atoms with E-state index in [0.29, 0.717) is 40.4 Å². The number of hydrogen-bond donors (Lipinski definition) is 0. The van der Waals surface area contributed by atoms with Gasteiger partial charge < -0.3 is 9.80 Å². The number of nitrogens with zero attached hydrogens (tertiary/aromatic N) is 4. The summed E-state index contributed by atoms with van der Waals surface area (Å²) >= 11 is 6.03. The van der Waals surface area contributed by atoms with Crippen LogP contribution in [0.25, 0.3) is 10.9 Å². The summed E-state index contributed by atoms with van der Waals surface area (Å²) in [7, 11) is 5.46. The van der Waals surface area contributed by atoms with E-state index in [-0.39, 0.29) is 11.5 Å². The van der Waals surface area contributed by atoms with E-state index in [2.05, 4.69) is 4.98 Å². The van der Waals surface area contributed by atoms with Gasteiger partial charge in [0, 0.05) is 30.7 Å². The summed E-state index contributed by atoms with van der Waals surface area (Å²) in [4.78, 5) is 34.4. The molecule has 0 saturated heterocycles. The van der Waals surface area contributed by atoms with Crippen LogP contribution >= 0.6 is 11.6 Å². The molecule has 0 fully saturated rings. The second-order valence-electron chi connectivity index (χ2n) is 7.48. The van der Waals surface area contributed by atoms with Crippen molar-refractivity contribution < 1.29 is 9.18 Å². The second-order valence-corrected chi connectivity index (χ2v) is 7.92. The van der Waals surface area contributed by atoms with E-state index >= 15 is 0 Å². The van der Waals surface area contributed by atoms with Crippen LogP contribution in [0.5, 0.6) is 0 Å². The van der Waals surface area contributed by atoms with Gasteiger partial charge in [0.05, 0.1) is 16.9 Å². The zero-order valence-electron chi connectivity index (χ0n) is 17.4. The molecule has 6 nitrogen and oxygen atoms in total. The molecule has 1 unspecified atom stereocenters. The highest BCUT2D eigenvalue weighted by Gasteiger charge is 2.26. The van der Waals surface area contributed by atoms with Crippen LogP contribution in [-0.4, -0.2) is 52.4 Å². The second kappa shape index (κ2) is 8.93. The van der Waals surface area contributed by atoms with Crippen LogP contribution in [0.1, 0.15) is 29.1 Å². The van der Waals surface area contributed by atoms with Crippen molar-refractivity contribution >= 4 is 28.4 Å². The SMILES string of the molecule is CC(c1nc2ccc(Cl)cc2c(=O)n1C)N(CCN(C)C)C(=O)c1ccc(F)cc1. The average molecular weight is 431 g/mol. The van der Waals surface area contributed by atoms with Gasteiger partial charge in [-0.15, -0.1) is 0 Å². The number of fused-ring (bicyclic) bond motifs is 1. The maximum atomic E-state index is 13.3. The first-order chi connectivity index (χ1) is 14.2. The van der Waals surface area contributed by atoms with Gasteiger partial charge in [-0.05, 0) is 63.5 Å². The van der Waals surface area contributed by atoms with Crippen molar-refractivity contribution in [3.05, 3.63) is 75.0 Å². The fraction of sp³-hybridized carbons (Fsp3) is 0.318. The first-order valence-electron chi connectivity index (χ1n) is 9.56. The summed E-state index contributed by atoms with van der Waals surface area (Å²) in [6, 6.07) is 9.92. The zero-order valence-corrected chi connectivity index (χ0v) is 18.2. The molecule has 0 radical (unpaired) electrons. The van der Waals surface area contributed by atoms with Crippen molar-refractivity contribution in [2.75, 3.05) is 27.2 Å². The monoisotopic (exact) mass is 430 g/mol. The van der Waals surface area contributed by atoms with E-state index in [9.17, 15) is 14.0 Å². The van der Waals surface area contributed by atoms with E-state index in [1.165, 1.54) is 28.8 Å². The van der Waals surface area contributed by atoms with E-state index in [1.807, 2.05) is 25.9 Å². The van der Waals surface area contributed by atoms with Gasteiger partial charge in [0.25, 0.3) is 11.5 Å². The van der Waals surface area contributed by atoms with Crippen LogP contribution < -0.4 is 5.56 Å². The number of benzene rings is 2. The molecule has 0 aliphatic rings. The van der Waals surface area contributed by atoms with Crippen LogP contribution in [0.2, 0.25) is 5.02 Å². The molecule has 3 aromatic rings. The third-order valence-corrected chi connectivity index (χ3v) is 5.29. The molecule has 1 aromatic heterocycles. The Balaban J connectivity index is 2.06. The highest BCUT2D eigenvalue weighted by molar-refractivity contribution is 6.31. The molecule has 0 saturated carbocycles. The van der Waals surface area contributed by atoms with Gasteiger partial charge in [-0.3, -0.25) is 14.2 Å². The molecule has 3 rings (SSSR count). The van der Waals surface area contributed by atoms with Crippen molar-refractivity contribution in [2.45, 2.75) is 13.0 Å². The zero-order chi connectivity index (χ0) is 22.0. The molecule has 1 atom stereocenters. The van der Waals surface area contributed by atoms with Gasteiger partial charge in [-0.2, -0.15) is 0 Å². The van der Waals surface area contributed by atoms with Crippen molar-refractivity contribution in [3.63, 3.8) is 0 Å². The Hall–Kier alpha value is -2.77. The molecule has 0 aliphatic carbocycles. The Bertz CT molecular complexity index is 1130. The maximum Gasteiger partial charge on any atom is 0.261 e. The highest BCUT2D eigenvalue weighted by atomic mass is 35.5. The van der Waals surface area contributed by atoms with E-state index < -0.39 is 11.9 Å². The van der Waals surface area contributed by atoms with Crippen LogP contribution in [0, 0.1) is 5.82 Å². The first kappa shape index (κ1) is 21.9. The van der Waals surface area contributed by atoms with Crippen LogP contribution in [0.3, 0.4) is 0 Å². The molecule has 0 aliphatic heterocycles. The van der Waals surface area contributed by atoms with Crippen molar-refractivity contribution in [1.29, 1.82) is 0 Å². The number of rotatable bonds is 6. The number of halogens is 2. The standard InChI is InChI=1S/C22H24ClFN4O2/c1-14(20-25-19-10-7-16(23)13-18(19)22(30)27(20)4)28(12-11-26(2)3)21(29)15-5-8-17(24)9-6-15/h5-10,13-14H,11-12H2,1-4H3. The Morgan fingerprint density at radius 3 is 2.47 bits per heavy atom. The number of hydrogen-bond acceptors (Lipinski definition) is 4. The Morgan fingerprint density at radius 2 is 1.83 bits per heavy atom. The molecule has 1 heterocycles. The molecule has 8 heteroatoms. The summed E-state index contributed by atoms with van der Waals surface area (Å²) in [6.07, 6.45) is 0. The van der Waals surface area contributed by atoms with Gasteiger partial charge in [0.2, 0.25) is 0 Å². The van der Waals surface area contributed by atoms with Gasteiger partial charge in [0.1, 0.15) is 11.6 Å². The summed E-state index contributed by atoms with van der Waals surface area (Å²) in [5.74, 6) is -0.199. The minimum Gasteiger partial charge on any atom is -0.327 e. The molecular formula is C22H24ClFN4O2. The van der Waals surface area contributed by atoms with E-state index in [0.717, 1.165) is 0 Å². The molecule has 30 heavy (non-hydrogen) atoms. The lowest BCUT2D eigenvalue weighted by atomic mass is 10.1. The smallest absolute Gasteiger partial charge is 0.261 e. The number of aromatic nitrogens is 2. The number of carbonyl (C=O) groups excluding carboxylic acids is 1. The third kappa shape index (κ3) is 4.52. The lowest BCUT2D eigenvalue weighted by molar-refractivity contribution is 0.0666. The third-order valence-electron chi connectivity index (χ3n) is 5.05. The number of likely N-dealkylation sites (N-methyl/N-ethyl adjacent to an activating group) is 1. The van der Waals surface area contributed by atoms with Crippen LogP contribution in [-0.2, 0) is 7.05 Å². The van der Waals surface area contributed by atoms with Crippen LogP contribution in [0.4, 0.5) is 4.39 Å². The first-order valence-corrected chi connectivity index (χ1v) is 9.94. The molecule has 0 N–H and O–H groups in total. The van der Waals surface area contributed by atoms with Crippen LogP contribution in [0.15, 0.2) is 47.3 Å². The minimum absolute atomic E-state index is 0.230. The molecule has 1 amide bonds. The molecule has 0 bridgehead atoms. The van der Waals surface area contributed by atoms with Gasteiger partial charge in [-0.25, -0.2) is 9.37 Å². The number of amides is 1. The normalized spacial score (nSPS) is 12.4. The van der Waals surface area contributed by atoms with E-state index in [1.54, 1.807) is 30.1 Å². The predicted molar refractivity (Wildman–Crippen MR) is 116 cm³/mol. The lowest BCUT2D eigenvalue weighted by Gasteiger charge is -2.31. The predicted octanol–water partition coefficient (Wildman–Crippen LogP) is 3.49. The molecule has 2 aromatic carbocycles. The summed E-state index contributed by atoms with van der Waals surface area (Å²) in [5, 5.41) is 0.881. The minimum atomic E-state index is -0.486. The topological polar surface area (TPSA) is 58.4 Å². The Kier molecular flexibility index (Phi) is 6.53. The fourth-order valence-corrected chi connectivity index (χ4v) is 3.48. The molecule has 158 valence electrons. The fourth-order valence-electron chi connectivity index (χ4n) is 3.31. The quantitative estimate of drug-likeness (QED) is 0.600. The van der Waals surface area contributed by atoms with Gasteiger partial charge >= 0.3 is 0 Å². The summed E-state index contributed by atoms with van der Waals surface area (Å²) in [5.41, 5.74) is 0.664. The van der Waals surface area contributed by atoms with Crippen molar-refractivity contribution in [2.24, 2.45) is 7.05 Å². The average Bonchev–Trinajstić information content (AvgIpc) is 2.71. The van der Waals surface area contributed by atoms with Crippen molar-refractivity contribution in [3.8, 4) is 0 Å². The summed E-state index contributed by atoms with van der Waals surface area (Å²) < 4.78 is 14.8. The van der Waals surface area contributed by atoms with Gasteiger partial charge in [0.15, 0.2) is 0 Å². The Morgan fingerprint density at radius 1 is 1.17 bits per heavy atom. The highest BCUT2D eigenvalue weighted by Crippen LogP contribution is 2.23. The van der Waals surface area contributed by atoms with Crippen molar-refractivity contribution in [1.82, 2.24) is 19.4 Å². The molecular weight excluding hydrogens is 407 g/mol. The number of carbonyl (C=O) groups is 1. The van der Waals surface area contributed by atoms with E-state index in [4.69, 9.17) is 11.6 Å². The molecule has 0 spiro atoms. The largest absolute Gasteiger partial charge is 0.327 e.